The Morgan fingerprint density at radius 1 is 1.27 bits per heavy atom. The van der Waals surface area contributed by atoms with Crippen molar-refractivity contribution in [1.82, 2.24) is 8.87 Å². The van der Waals surface area contributed by atoms with Gasteiger partial charge in [0.15, 0.2) is 4.80 Å². The van der Waals surface area contributed by atoms with Gasteiger partial charge in [0.2, 0.25) is 10.0 Å². The van der Waals surface area contributed by atoms with Crippen LogP contribution in [0.1, 0.15) is 19.8 Å². The normalized spacial score (nSPS) is 17.8. The minimum Gasteiger partial charge on any atom is -0.380 e. The summed E-state index contributed by atoms with van der Waals surface area (Å²) in [5, 5.41) is 0. The average Bonchev–Trinajstić information content (AvgIpc) is 3.40. The summed E-state index contributed by atoms with van der Waals surface area (Å²) in [6.07, 6.45) is 0.939. The number of aromatic nitrogens is 1. The molecule has 2 heterocycles. The molecule has 33 heavy (non-hydrogen) atoms. The molecule has 0 aliphatic carbocycles. The molecule has 0 N–H and O–H groups in total. The van der Waals surface area contributed by atoms with Gasteiger partial charge in [-0.1, -0.05) is 27.3 Å². The van der Waals surface area contributed by atoms with Gasteiger partial charge in [0.1, 0.15) is 11.9 Å². The highest BCUT2D eigenvalue weighted by Crippen LogP contribution is 2.27. The first kappa shape index (κ1) is 24.2. The molecule has 11 heteroatoms. The maximum absolute atomic E-state index is 13.3. The molecule has 1 aromatic heterocycles. The van der Waals surface area contributed by atoms with Gasteiger partial charge in [-0.25, -0.2) is 12.8 Å². The molecule has 1 saturated heterocycles. The van der Waals surface area contributed by atoms with Crippen LogP contribution in [-0.4, -0.2) is 49.0 Å². The summed E-state index contributed by atoms with van der Waals surface area (Å²) >= 11 is 4.84. The minimum absolute atomic E-state index is 0.0397. The van der Waals surface area contributed by atoms with Gasteiger partial charge in [0.25, 0.3) is 5.91 Å². The van der Waals surface area contributed by atoms with E-state index in [1.807, 2.05) is 29.7 Å². The number of hydrogen-bond acceptors (Lipinski definition) is 5. The van der Waals surface area contributed by atoms with Gasteiger partial charge < -0.3 is 9.30 Å². The second kappa shape index (κ2) is 10.1. The van der Waals surface area contributed by atoms with E-state index < -0.39 is 27.8 Å². The number of fused-ring (bicyclic) bond motifs is 1. The summed E-state index contributed by atoms with van der Waals surface area (Å²) in [6.45, 7) is 3.70. The predicted octanol–water partition coefficient (Wildman–Crippen LogP) is 3.92. The van der Waals surface area contributed by atoms with Gasteiger partial charge in [0, 0.05) is 24.2 Å². The van der Waals surface area contributed by atoms with E-state index in [-0.39, 0.29) is 11.4 Å². The topological polar surface area (TPSA) is 81.0 Å². The highest BCUT2D eigenvalue weighted by Gasteiger charge is 2.39. The van der Waals surface area contributed by atoms with E-state index in [2.05, 4.69) is 20.9 Å². The van der Waals surface area contributed by atoms with E-state index in [1.54, 1.807) is 0 Å². The van der Waals surface area contributed by atoms with Crippen molar-refractivity contribution in [3.05, 3.63) is 57.6 Å². The monoisotopic (exact) mass is 555 g/mol. The Hall–Kier alpha value is -1.92. The molecule has 4 rings (SSSR count). The fourth-order valence-corrected chi connectivity index (χ4v) is 7.10. The molecule has 3 aromatic rings. The number of thiazole rings is 1. The first-order valence-corrected chi connectivity index (χ1v) is 13.6. The first-order valence-electron chi connectivity index (χ1n) is 10.5. The lowest BCUT2D eigenvalue weighted by Gasteiger charge is -2.21. The number of carbonyl (C=O) groups excluding carboxylic acids is 1. The molecule has 1 unspecified atom stereocenters. The molecule has 1 fully saturated rings. The van der Waals surface area contributed by atoms with Crippen LogP contribution in [0.2, 0.25) is 0 Å². The largest absolute Gasteiger partial charge is 0.380 e. The fourth-order valence-electron chi connectivity index (χ4n) is 3.83. The molecule has 0 saturated carbocycles. The van der Waals surface area contributed by atoms with Crippen molar-refractivity contribution in [2.45, 2.75) is 37.2 Å². The Kier molecular flexibility index (Phi) is 7.44. The summed E-state index contributed by atoms with van der Waals surface area (Å²) in [4.78, 5) is 18.0. The summed E-state index contributed by atoms with van der Waals surface area (Å²) in [6, 6.07) is 9.57. The molecule has 0 radical (unpaired) electrons. The van der Waals surface area contributed by atoms with Crippen molar-refractivity contribution >= 4 is 53.4 Å². The van der Waals surface area contributed by atoms with Gasteiger partial charge in [-0.3, -0.25) is 4.79 Å². The lowest BCUT2D eigenvalue weighted by molar-refractivity contribution is -0.121. The van der Waals surface area contributed by atoms with Gasteiger partial charge in [-0.05, 0) is 62.2 Å². The first-order chi connectivity index (χ1) is 15.8. The molecule has 2 aromatic carbocycles. The summed E-state index contributed by atoms with van der Waals surface area (Å²) in [5.41, 5.74) is 0.927. The number of amides is 1. The number of hydrogen-bond donors (Lipinski definition) is 0. The second-order valence-electron chi connectivity index (χ2n) is 7.52. The number of carbonyl (C=O) groups is 1. The summed E-state index contributed by atoms with van der Waals surface area (Å²) in [7, 11) is -3.94. The van der Waals surface area contributed by atoms with Gasteiger partial charge in [-0.2, -0.15) is 9.30 Å². The zero-order valence-corrected chi connectivity index (χ0v) is 21.1. The lowest BCUT2D eigenvalue weighted by atomic mass is 10.2. The van der Waals surface area contributed by atoms with Gasteiger partial charge in [-0.15, -0.1) is 0 Å². The predicted molar refractivity (Wildman–Crippen MR) is 128 cm³/mol. The molecular weight excluding hydrogens is 533 g/mol. The van der Waals surface area contributed by atoms with Gasteiger partial charge in [0.05, 0.1) is 21.7 Å². The minimum atomic E-state index is -3.94. The Bertz CT molecular complexity index is 1340. The lowest BCUT2D eigenvalue weighted by Crippen LogP contribution is -2.40. The molecule has 0 spiro atoms. The molecule has 1 atom stereocenters. The second-order valence-corrected chi connectivity index (χ2v) is 11.3. The van der Waals surface area contributed by atoms with Crippen molar-refractivity contribution < 1.29 is 22.3 Å². The number of nitrogens with zero attached hydrogens (tertiary/aromatic N) is 3. The Labute approximate surface area is 203 Å². The third kappa shape index (κ3) is 5.12. The summed E-state index contributed by atoms with van der Waals surface area (Å²) in [5.74, 6) is -1.03. The van der Waals surface area contributed by atoms with E-state index in [0.29, 0.717) is 37.4 Å². The molecule has 1 aliphatic rings. The van der Waals surface area contributed by atoms with Crippen LogP contribution in [0, 0.1) is 5.82 Å². The van der Waals surface area contributed by atoms with Gasteiger partial charge >= 0.3 is 0 Å². The maximum Gasteiger partial charge on any atom is 0.266 e. The van der Waals surface area contributed by atoms with Crippen molar-refractivity contribution in [2.24, 2.45) is 4.99 Å². The molecule has 176 valence electrons. The van der Waals surface area contributed by atoms with E-state index in [0.717, 1.165) is 26.8 Å². The van der Waals surface area contributed by atoms with E-state index in [4.69, 9.17) is 4.74 Å². The zero-order valence-electron chi connectivity index (χ0n) is 17.9. The molecule has 7 nitrogen and oxygen atoms in total. The number of ether oxygens (including phenoxy) is 1. The van der Waals surface area contributed by atoms with Crippen LogP contribution in [-0.2, 0) is 26.1 Å². The number of halogens is 2. The number of benzene rings is 2. The van der Waals surface area contributed by atoms with Crippen molar-refractivity contribution in [3.8, 4) is 0 Å². The van der Waals surface area contributed by atoms with Crippen LogP contribution >= 0.6 is 27.3 Å². The molecular formula is C22H23BrFN3O4S2. The van der Waals surface area contributed by atoms with Crippen LogP contribution in [0.5, 0.6) is 0 Å². The van der Waals surface area contributed by atoms with E-state index in [9.17, 15) is 17.6 Å². The smallest absolute Gasteiger partial charge is 0.266 e. The molecule has 1 aliphatic heterocycles. The number of sulfonamides is 1. The van der Waals surface area contributed by atoms with Crippen LogP contribution < -0.4 is 4.80 Å². The highest BCUT2D eigenvalue weighted by molar-refractivity contribution is 9.10. The van der Waals surface area contributed by atoms with Crippen molar-refractivity contribution in [2.75, 3.05) is 19.8 Å². The Morgan fingerprint density at radius 2 is 2.03 bits per heavy atom. The van der Waals surface area contributed by atoms with Crippen LogP contribution in [0.15, 0.2) is 56.8 Å². The Morgan fingerprint density at radius 3 is 2.76 bits per heavy atom. The highest BCUT2D eigenvalue weighted by atomic mass is 79.9. The SMILES string of the molecule is CCOCCn1c(=NC(=O)C2CCCN2S(=O)(=O)c2ccc(F)cc2)sc2cc(Br)ccc21. The molecule has 0 bridgehead atoms. The van der Waals surface area contributed by atoms with Crippen molar-refractivity contribution in [3.63, 3.8) is 0 Å². The van der Waals surface area contributed by atoms with E-state index >= 15 is 0 Å². The standard InChI is InChI=1S/C22H23BrFN3O4S2/c1-2-31-13-12-26-18-10-5-15(23)14-20(18)32-22(26)25-21(28)19-4-3-11-27(19)33(29,30)17-8-6-16(24)7-9-17/h5-10,14,19H,2-4,11-13H2,1H3. The maximum atomic E-state index is 13.3. The Balaban J connectivity index is 1.69. The van der Waals surface area contributed by atoms with Crippen molar-refractivity contribution in [1.29, 1.82) is 0 Å². The quantitative estimate of drug-likeness (QED) is 0.414. The summed E-state index contributed by atoms with van der Waals surface area (Å²) < 4.78 is 50.0. The average molecular weight is 556 g/mol. The van der Waals surface area contributed by atoms with Crippen LogP contribution in [0.3, 0.4) is 0 Å². The third-order valence-electron chi connectivity index (χ3n) is 5.42. The molecule has 1 amide bonds. The third-order valence-corrected chi connectivity index (χ3v) is 8.88. The van der Waals surface area contributed by atoms with Crippen LogP contribution in [0.25, 0.3) is 10.2 Å². The fraction of sp³-hybridized carbons (Fsp3) is 0.364. The number of rotatable bonds is 7. The zero-order chi connectivity index (χ0) is 23.6. The van der Waals surface area contributed by atoms with E-state index in [1.165, 1.54) is 27.8 Å². The van der Waals surface area contributed by atoms with Crippen LogP contribution in [0.4, 0.5) is 4.39 Å².